The van der Waals surface area contributed by atoms with Crippen LogP contribution in [0.5, 0.6) is 0 Å². The smallest absolute Gasteiger partial charge is 0.241 e. The standard InChI is InChI=1S/C20H26N2O2/c1-13-11-15-12-16(7-8-18(15)24-13)22-20(23)19-17(9-10-21-19)14-5-3-2-4-6-14/h7-8,11-12,14,17,19,21H,2-6,9-10H2,1H3,(H,22,23). The number of benzene rings is 1. The molecule has 1 aliphatic heterocycles. The summed E-state index contributed by atoms with van der Waals surface area (Å²) < 4.78 is 5.60. The first-order valence-corrected chi connectivity index (χ1v) is 9.25. The summed E-state index contributed by atoms with van der Waals surface area (Å²) in [5.74, 6) is 2.21. The SMILES string of the molecule is Cc1cc2cc(NC(=O)C3NCCC3C3CCCCC3)ccc2o1. The number of hydrogen-bond acceptors (Lipinski definition) is 3. The summed E-state index contributed by atoms with van der Waals surface area (Å²) in [6.45, 7) is 2.90. The molecule has 2 aliphatic rings. The molecule has 1 aromatic heterocycles. The molecule has 1 amide bonds. The molecular weight excluding hydrogens is 300 g/mol. The van der Waals surface area contributed by atoms with Gasteiger partial charge in [0.05, 0.1) is 6.04 Å². The van der Waals surface area contributed by atoms with Crippen molar-refractivity contribution in [2.75, 3.05) is 11.9 Å². The normalized spacial score (nSPS) is 25.2. The van der Waals surface area contributed by atoms with Crippen LogP contribution in [0.15, 0.2) is 28.7 Å². The molecule has 4 rings (SSSR count). The van der Waals surface area contributed by atoms with Gasteiger partial charge in [0.15, 0.2) is 0 Å². The monoisotopic (exact) mass is 326 g/mol. The Balaban J connectivity index is 1.47. The van der Waals surface area contributed by atoms with E-state index in [2.05, 4.69) is 10.6 Å². The lowest BCUT2D eigenvalue weighted by Crippen LogP contribution is -2.42. The Morgan fingerprint density at radius 3 is 2.83 bits per heavy atom. The molecule has 0 radical (unpaired) electrons. The van der Waals surface area contributed by atoms with Gasteiger partial charge in [0.2, 0.25) is 5.91 Å². The lowest BCUT2D eigenvalue weighted by molar-refractivity contribution is -0.119. The van der Waals surface area contributed by atoms with Gasteiger partial charge in [-0.2, -0.15) is 0 Å². The summed E-state index contributed by atoms with van der Waals surface area (Å²) in [6.07, 6.45) is 7.71. The van der Waals surface area contributed by atoms with Crippen molar-refractivity contribution in [1.29, 1.82) is 0 Å². The van der Waals surface area contributed by atoms with Gasteiger partial charge in [0.1, 0.15) is 11.3 Å². The van der Waals surface area contributed by atoms with E-state index in [0.29, 0.717) is 11.8 Å². The van der Waals surface area contributed by atoms with E-state index in [1.54, 1.807) is 0 Å². The molecule has 2 fully saturated rings. The summed E-state index contributed by atoms with van der Waals surface area (Å²) in [4.78, 5) is 12.8. The largest absolute Gasteiger partial charge is 0.461 e. The molecule has 2 N–H and O–H groups in total. The molecule has 0 spiro atoms. The first kappa shape index (κ1) is 15.7. The third kappa shape index (κ3) is 3.07. The minimum Gasteiger partial charge on any atom is -0.461 e. The van der Waals surface area contributed by atoms with Crippen LogP contribution in [-0.4, -0.2) is 18.5 Å². The molecule has 2 aromatic rings. The molecule has 2 unspecified atom stereocenters. The Kier molecular flexibility index (Phi) is 4.31. The van der Waals surface area contributed by atoms with Crippen LogP contribution >= 0.6 is 0 Å². The van der Waals surface area contributed by atoms with E-state index in [1.165, 1.54) is 32.1 Å². The summed E-state index contributed by atoms with van der Waals surface area (Å²) in [7, 11) is 0. The van der Waals surface area contributed by atoms with Crippen LogP contribution in [0.2, 0.25) is 0 Å². The molecule has 4 nitrogen and oxygen atoms in total. The molecule has 24 heavy (non-hydrogen) atoms. The highest BCUT2D eigenvalue weighted by Crippen LogP contribution is 2.36. The zero-order valence-corrected chi connectivity index (χ0v) is 14.3. The highest BCUT2D eigenvalue weighted by molar-refractivity contribution is 5.97. The third-order valence-corrected chi connectivity index (χ3v) is 5.71. The molecule has 128 valence electrons. The number of furan rings is 1. The van der Waals surface area contributed by atoms with Gasteiger partial charge in [-0.25, -0.2) is 0 Å². The van der Waals surface area contributed by atoms with E-state index >= 15 is 0 Å². The average molecular weight is 326 g/mol. The maximum Gasteiger partial charge on any atom is 0.241 e. The number of carbonyl (C=O) groups excluding carboxylic acids is 1. The van der Waals surface area contributed by atoms with Crippen molar-refractivity contribution in [3.05, 3.63) is 30.0 Å². The number of hydrogen-bond donors (Lipinski definition) is 2. The Morgan fingerprint density at radius 2 is 2.00 bits per heavy atom. The van der Waals surface area contributed by atoms with Crippen molar-refractivity contribution in [3.63, 3.8) is 0 Å². The van der Waals surface area contributed by atoms with Gasteiger partial charge in [-0.15, -0.1) is 0 Å². The number of amides is 1. The molecule has 1 aliphatic carbocycles. The predicted molar refractivity (Wildman–Crippen MR) is 96.1 cm³/mol. The van der Waals surface area contributed by atoms with Crippen molar-refractivity contribution in [3.8, 4) is 0 Å². The van der Waals surface area contributed by atoms with Gasteiger partial charge in [0.25, 0.3) is 0 Å². The van der Waals surface area contributed by atoms with Gasteiger partial charge in [-0.3, -0.25) is 4.79 Å². The fraction of sp³-hybridized carbons (Fsp3) is 0.550. The third-order valence-electron chi connectivity index (χ3n) is 5.71. The number of anilines is 1. The first-order valence-electron chi connectivity index (χ1n) is 9.25. The molecular formula is C20H26N2O2. The maximum absolute atomic E-state index is 12.8. The molecule has 1 aromatic carbocycles. The molecule has 2 atom stereocenters. The van der Waals surface area contributed by atoms with Crippen LogP contribution in [-0.2, 0) is 4.79 Å². The Morgan fingerprint density at radius 1 is 1.17 bits per heavy atom. The zero-order valence-electron chi connectivity index (χ0n) is 14.3. The van der Waals surface area contributed by atoms with E-state index in [-0.39, 0.29) is 11.9 Å². The Hall–Kier alpha value is -1.81. The average Bonchev–Trinajstić information content (AvgIpc) is 3.21. The summed E-state index contributed by atoms with van der Waals surface area (Å²) in [5.41, 5.74) is 1.72. The van der Waals surface area contributed by atoms with Crippen molar-refractivity contribution in [1.82, 2.24) is 5.32 Å². The van der Waals surface area contributed by atoms with Crippen molar-refractivity contribution >= 4 is 22.6 Å². The second kappa shape index (κ2) is 6.60. The number of nitrogens with one attached hydrogen (secondary N) is 2. The first-order chi connectivity index (χ1) is 11.7. The fourth-order valence-corrected chi connectivity index (χ4v) is 4.55. The Bertz CT molecular complexity index is 730. The van der Waals surface area contributed by atoms with E-state index in [4.69, 9.17) is 4.42 Å². The Labute approximate surface area is 143 Å². The molecule has 1 saturated carbocycles. The number of fused-ring (bicyclic) bond motifs is 1. The summed E-state index contributed by atoms with van der Waals surface area (Å²) >= 11 is 0. The van der Waals surface area contributed by atoms with Gasteiger partial charge in [-0.1, -0.05) is 32.1 Å². The highest BCUT2D eigenvalue weighted by Gasteiger charge is 2.38. The van der Waals surface area contributed by atoms with Crippen LogP contribution < -0.4 is 10.6 Å². The van der Waals surface area contributed by atoms with Crippen LogP contribution in [0, 0.1) is 18.8 Å². The quantitative estimate of drug-likeness (QED) is 0.887. The minimum atomic E-state index is -0.0464. The number of aryl methyl sites for hydroxylation is 1. The molecule has 2 heterocycles. The van der Waals surface area contributed by atoms with Gasteiger partial charge < -0.3 is 15.1 Å². The molecule has 4 heteroatoms. The maximum atomic E-state index is 12.8. The summed E-state index contributed by atoms with van der Waals surface area (Å²) in [5, 5.41) is 7.58. The molecule has 1 saturated heterocycles. The minimum absolute atomic E-state index is 0.0464. The van der Waals surface area contributed by atoms with Crippen LogP contribution in [0.3, 0.4) is 0 Å². The van der Waals surface area contributed by atoms with Gasteiger partial charge >= 0.3 is 0 Å². The van der Waals surface area contributed by atoms with Crippen molar-refractivity contribution in [2.45, 2.75) is 51.5 Å². The van der Waals surface area contributed by atoms with Crippen molar-refractivity contribution in [2.24, 2.45) is 11.8 Å². The second-order valence-corrected chi connectivity index (χ2v) is 7.38. The number of carbonyl (C=O) groups is 1. The second-order valence-electron chi connectivity index (χ2n) is 7.38. The predicted octanol–water partition coefficient (Wildman–Crippen LogP) is 4.24. The zero-order chi connectivity index (χ0) is 16.5. The summed E-state index contributed by atoms with van der Waals surface area (Å²) in [6, 6.07) is 7.81. The van der Waals surface area contributed by atoms with Crippen LogP contribution in [0.25, 0.3) is 11.0 Å². The van der Waals surface area contributed by atoms with Gasteiger partial charge in [0, 0.05) is 11.1 Å². The van der Waals surface area contributed by atoms with E-state index in [1.807, 2.05) is 31.2 Å². The lowest BCUT2D eigenvalue weighted by atomic mass is 9.76. The highest BCUT2D eigenvalue weighted by atomic mass is 16.3. The van der Waals surface area contributed by atoms with E-state index < -0.39 is 0 Å². The molecule has 0 bridgehead atoms. The topological polar surface area (TPSA) is 54.3 Å². The van der Waals surface area contributed by atoms with Gasteiger partial charge in [-0.05, 0) is 56.0 Å². The van der Waals surface area contributed by atoms with E-state index in [9.17, 15) is 4.79 Å². The lowest BCUT2D eigenvalue weighted by Gasteiger charge is -2.30. The van der Waals surface area contributed by atoms with Crippen LogP contribution in [0.1, 0.15) is 44.3 Å². The number of rotatable bonds is 3. The van der Waals surface area contributed by atoms with E-state index in [0.717, 1.165) is 35.4 Å². The van der Waals surface area contributed by atoms with Crippen molar-refractivity contribution < 1.29 is 9.21 Å². The van der Waals surface area contributed by atoms with Crippen LogP contribution in [0.4, 0.5) is 5.69 Å². The fourth-order valence-electron chi connectivity index (χ4n) is 4.55.